The van der Waals surface area contributed by atoms with Gasteiger partial charge in [0.25, 0.3) is 0 Å². The van der Waals surface area contributed by atoms with Crippen LogP contribution in [0.2, 0.25) is 0 Å². The Morgan fingerprint density at radius 3 is 2.43 bits per heavy atom. The lowest BCUT2D eigenvalue weighted by atomic mass is 10.0. The van der Waals surface area contributed by atoms with Crippen LogP contribution in [0.1, 0.15) is 6.42 Å². The molecular weight excluding hydrogens is 306 g/mol. The maximum atomic E-state index is 13.7. The third kappa shape index (κ3) is 3.42. The summed E-state index contributed by atoms with van der Waals surface area (Å²) in [6.07, 6.45) is 1.79. The molecule has 3 rings (SSSR count). The number of pyridine rings is 1. The molecule has 2 aliphatic rings. The average Bonchev–Trinajstić information content (AvgIpc) is 2.93. The molecule has 2 atom stereocenters. The maximum absolute atomic E-state index is 13.7. The smallest absolute Gasteiger partial charge is 0.223 e. The first kappa shape index (κ1) is 16.1. The lowest BCUT2D eigenvalue weighted by Crippen LogP contribution is -2.49. The second-order valence-corrected chi connectivity index (χ2v) is 6.01. The molecular formula is C15H20F2N4O2. The van der Waals surface area contributed by atoms with E-state index in [9.17, 15) is 18.7 Å². The fraction of sp³-hybridized carbons (Fsp3) is 0.600. The molecule has 23 heavy (non-hydrogen) atoms. The predicted molar refractivity (Wildman–Crippen MR) is 79.9 cm³/mol. The average molecular weight is 326 g/mol. The largest absolute Gasteiger partial charge is 0.391 e. The highest BCUT2D eigenvalue weighted by Crippen LogP contribution is 2.24. The Balaban J connectivity index is 1.57. The first-order chi connectivity index (χ1) is 11.1. The van der Waals surface area contributed by atoms with Crippen LogP contribution in [-0.4, -0.2) is 66.3 Å². The number of piperazine rings is 1. The number of hydrogen-bond donors (Lipinski definition) is 2. The molecule has 0 unspecified atom stereocenters. The number of aliphatic hydroxyl groups is 1. The van der Waals surface area contributed by atoms with Crippen molar-refractivity contribution in [1.82, 2.24) is 15.2 Å². The van der Waals surface area contributed by atoms with E-state index in [0.717, 1.165) is 12.4 Å². The first-order valence-electron chi connectivity index (χ1n) is 7.76. The van der Waals surface area contributed by atoms with Crippen molar-refractivity contribution >= 4 is 11.6 Å². The molecule has 3 heterocycles. The van der Waals surface area contributed by atoms with Gasteiger partial charge in [0.2, 0.25) is 5.91 Å². The van der Waals surface area contributed by atoms with Crippen molar-refractivity contribution in [2.75, 3.05) is 44.2 Å². The highest BCUT2D eigenvalue weighted by molar-refractivity contribution is 5.77. The van der Waals surface area contributed by atoms with Crippen molar-refractivity contribution in [1.29, 1.82) is 0 Å². The monoisotopic (exact) mass is 326 g/mol. The Morgan fingerprint density at radius 1 is 1.22 bits per heavy atom. The van der Waals surface area contributed by atoms with Crippen molar-refractivity contribution in [3.63, 3.8) is 0 Å². The second-order valence-electron chi connectivity index (χ2n) is 6.01. The van der Waals surface area contributed by atoms with E-state index in [2.05, 4.69) is 10.3 Å². The van der Waals surface area contributed by atoms with Crippen LogP contribution in [0.3, 0.4) is 0 Å². The number of anilines is 1. The van der Waals surface area contributed by atoms with E-state index < -0.39 is 17.7 Å². The number of nitrogens with zero attached hydrogens (tertiary/aromatic N) is 3. The van der Waals surface area contributed by atoms with Crippen molar-refractivity contribution in [2.24, 2.45) is 5.92 Å². The Kier molecular flexibility index (Phi) is 4.72. The van der Waals surface area contributed by atoms with Gasteiger partial charge in [-0.1, -0.05) is 0 Å². The fourth-order valence-electron chi connectivity index (χ4n) is 3.17. The molecule has 1 amide bonds. The number of carbonyl (C=O) groups excluding carboxylic acids is 1. The van der Waals surface area contributed by atoms with Crippen LogP contribution < -0.4 is 10.2 Å². The molecule has 1 aromatic rings. The van der Waals surface area contributed by atoms with Gasteiger partial charge in [0.15, 0.2) is 11.6 Å². The van der Waals surface area contributed by atoms with Gasteiger partial charge >= 0.3 is 0 Å². The third-order valence-electron chi connectivity index (χ3n) is 4.52. The van der Waals surface area contributed by atoms with Crippen LogP contribution in [0.5, 0.6) is 0 Å². The molecule has 8 heteroatoms. The topological polar surface area (TPSA) is 68.7 Å². The summed E-state index contributed by atoms with van der Waals surface area (Å²) < 4.78 is 27.5. The SMILES string of the molecule is O=C(C[C@@H]1CNC[C@H]1O)N1CCN(c2c(F)cncc2F)CC1. The van der Waals surface area contributed by atoms with E-state index >= 15 is 0 Å². The van der Waals surface area contributed by atoms with E-state index in [4.69, 9.17) is 0 Å². The summed E-state index contributed by atoms with van der Waals surface area (Å²) in [7, 11) is 0. The number of rotatable bonds is 3. The molecule has 6 nitrogen and oxygen atoms in total. The number of nitrogens with one attached hydrogen (secondary N) is 1. The van der Waals surface area contributed by atoms with Gasteiger partial charge in [-0.2, -0.15) is 0 Å². The molecule has 0 bridgehead atoms. The van der Waals surface area contributed by atoms with Gasteiger partial charge in [0.05, 0.1) is 18.5 Å². The van der Waals surface area contributed by atoms with Crippen molar-refractivity contribution in [2.45, 2.75) is 12.5 Å². The van der Waals surface area contributed by atoms with Gasteiger partial charge in [-0.05, 0) is 0 Å². The summed E-state index contributed by atoms with van der Waals surface area (Å²) in [5.74, 6) is -1.46. The van der Waals surface area contributed by atoms with E-state index in [1.165, 1.54) is 0 Å². The molecule has 2 N–H and O–H groups in total. The van der Waals surface area contributed by atoms with Gasteiger partial charge in [0, 0.05) is 51.6 Å². The zero-order chi connectivity index (χ0) is 16.4. The normalized spacial score (nSPS) is 25.0. The number of amides is 1. The Hall–Kier alpha value is -1.80. The number of aromatic nitrogens is 1. The quantitative estimate of drug-likeness (QED) is 0.817. The summed E-state index contributed by atoms with van der Waals surface area (Å²) >= 11 is 0. The summed E-state index contributed by atoms with van der Waals surface area (Å²) in [5.41, 5.74) is -0.0810. The molecule has 2 saturated heterocycles. The molecule has 0 radical (unpaired) electrons. The second kappa shape index (κ2) is 6.76. The molecule has 0 aromatic carbocycles. The zero-order valence-electron chi connectivity index (χ0n) is 12.7. The minimum Gasteiger partial charge on any atom is -0.391 e. The van der Waals surface area contributed by atoms with Gasteiger partial charge in [-0.15, -0.1) is 0 Å². The number of β-amino-alcohol motifs (C(OH)–C–C–N with tert-alkyl or cyclic N) is 1. The van der Waals surface area contributed by atoms with Gasteiger partial charge < -0.3 is 20.2 Å². The summed E-state index contributed by atoms with van der Waals surface area (Å²) in [5, 5.41) is 12.8. The van der Waals surface area contributed by atoms with Gasteiger partial charge in [-0.3, -0.25) is 9.78 Å². The maximum Gasteiger partial charge on any atom is 0.223 e. The van der Waals surface area contributed by atoms with Crippen molar-refractivity contribution in [3.8, 4) is 0 Å². The molecule has 126 valence electrons. The fourth-order valence-corrected chi connectivity index (χ4v) is 3.17. The Bertz CT molecular complexity index is 558. The highest BCUT2D eigenvalue weighted by Gasteiger charge is 2.30. The number of halogens is 2. The van der Waals surface area contributed by atoms with Crippen molar-refractivity contribution < 1.29 is 18.7 Å². The summed E-state index contributed by atoms with van der Waals surface area (Å²) in [6.45, 7) is 2.73. The summed E-state index contributed by atoms with van der Waals surface area (Å²) in [6, 6.07) is 0. The standard InChI is InChI=1S/C15H20F2N4O2/c16-11-7-19-8-12(17)15(11)21-3-1-20(2-4-21)14(23)5-10-6-18-9-13(10)22/h7-8,10,13,18,22H,1-6,9H2/t10-,13-/m1/s1. The molecule has 1 aromatic heterocycles. The Labute approximate surface area is 133 Å². The molecule has 2 aliphatic heterocycles. The first-order valence-corrected chi connectivity index (χ1v) is 7.76. The van der Waals surface area contributed by atoms with Crippen LogP contribution in [0.15, 0.2) is 12.4 Å². The minimum atomic E-state index is -0.690. The Morgan fingerprint density at radius 2 is 1.87 bits per heavy atom. The number of aliphatic hydroxyl groups excluding tert-OH is 1. The van der Waals surface area contributed by atoms with Crippen LogP contribution in [0.25, 0.3) is 0 Å². The molecule has 2 fully saturated rings. The zero-order valence-corrected chi connectivity index (χ0v) is 12.7. The highest BCUT2D eigenvalue weighted by atomic mass is 19.1. The third-order valence-corrected chi connectivity index (χ3v) is 4.52. The molecule has 0 aliphatic carbocycles. The van der Waals surface area contributed by atoms with E-state index in [1.54, 1.807) is 9.80 Å². The van der Waals surface area contributed by atoms with Gasteiger partial charge in [0.1, 0.15) is 5.69 Å². The lowest BCUT2D eigenvalue weighted by Gasteiger charge is -2.36. The molecule has 0 spiro atoms. The number of carbonyl (C=O) groups is 1. The van der Waals surface area contributed by atoms with E-state index in [1.807, 2.05) is 0 Å². The van der Waals surface area contributed by atoms with Crippen LogP contribution >= 0.6 is 0 Å². The van der Waals surface area contributed by atoms with Crippen molar-refractivity contribution in [3.05, 3.63) is 24.0 Å². The van der Waals surface area contributed by atoms with Crippen LogP contribution in [0, 0.1) is 17.6 Å². The minimum absolute atomic E-state index is 0.0203. The lowest BCUT2D eigenvalue weighted by molar-refractivity contribution is -0.133. The van der Waals surface area contributed by atoms with E-state index in [-0.39, 0.29) is 17.5 Å². The van der Waals surface area contributed by atoms with Crippen LogP contribution in [-0.2, 0) is 4.79 Å². The molecule has 0 saturated carbocycles. The van der Waals surface area contributed by atoms with Crippen LogP contribution in [0.4, 0.5) is 14.5 Å². The predicted octanol–water partition coefficient (Wildman–Crippen LogP) is -0.0212. The number of hydrogen-bond acceptors (Lipinski definition) is 5. The van der Waals surface area contributed by atoms with E-state index in [0.29, 0.717) is 45.7 Å². The van der Waals surface area contributed by atoms with Gasteiger partial charge in [-0.25, -0.2) is 8.78 Å². The summed E-state index contributed by atoms with van der Waals surface area (Å²) in [4.78, 5) is 19.1.